The predicted molar refractivity (Wildman–Crippen MR) is 74.7 cm³/mol. The highest BCUT2D eigenvalue weighted by Gasteiger charge is 2.07. The van der Waals surface area contributed by atoms with E-state index in [-0.39, 0.29) is 0 Å². The molecule has 0 spiro atoms. The smallest absolute Gasteiger partial charge is 0.134 e. The van der Waals surface area contributed by atoms with Crippen LogP contribution in [0.3, 0.4) is 0 Å². The topological polar surface area (TPSA) is 37.8 Å². The number of anilines is 1. The van der Waals surface area contributed by atoms with Gasteiger partial charge in [-0.1, -0.05) is 29.6 Å². The average molecular weight is 265 g/mol. The molecule has 1 aromatic carbocycles. The summed E-state index contributed by atoms with van der Waals surface area (Å²) < 4.78 is 4.00. The number of nitrogens with one attached hydrogen (secondary N) is 1. The fourth-order valence-corrected chi connectivity index (χ4v) is 2.90. The summed E-state index contributed by atoms with van der Waals surface area (Å²) in [5, 5.41) is 8.64. The third-order valence-corrected chi connectivity index (χ3v) is 3.96. The van der Waals surface area contributed by atoms with Crippen LogP contribution in [0, 0.1) is 0 Å². The zero-order chi connectivity index (χ0) is 11.9. The molecule has 1 heterocycles. The average Bonchev–Trinajstić information content (AvgIpc) is 2.82. The number of aromatic nitrogens is 2. The Balaban J connectivity index is 1.92. The first-order chi connectivity index (χ1) is 8.40. The van der Waals surface area contributed by atoms with Gasteiger partial charge in [-0.3, -0.25) is 0 Å². The largest absolute Gasteiger partial charge is 0.374 e. The molecule has 1 N–H and O–H groups in total. The van der Waals surface area contributed by atoms with Crippen molar-refractivity contribution in [2.24, 2.45) is 0 Å². The van der Waals surface area contributed by atoms with E-state index in [1.807, 2.05) is 6.07 Å². The summed E-state index contributed by atoms with van der Waals surface area (Å²) in [6, 6.07) is 10.4. The normalized spacial score (nSPS) is 10.4. The van der Waals surface area contributed by atoms with Crippen LogP contribution in [0.4, 0.5) is 5.00 Å². The minimum atomic E-state index is 0.868. The third-order valence-electron chi connectivity index (χ3n) is 2.21. The van der Waals surface area contributed by atoms with Crippen molar-refractivity contribution in [3.63, 3.8) is 0 Å². The van der Waals surface area contributed by atoms with Gasteiger partial charge in [-0.25, -0.2) is 0 Å². The molecule has 2 rings (SSSR count). The molecule has 0 radical (unpaired) electrons. The molecule has 17 heavy (non-hydrogen) atoms. The Labute approximate surface area is 110 Å². The molecule has 90 valence electrons. The summed E-state index contributed by atoms with van der Waals surface area (Å²) in [6.07, 6.45) is 1.11. The highest BCUT2D eigenvalue weighted by atomic mass is 32.2. The fourth-order valence-electron chi connectivity index (χ4n) is 1.34. The van der Waals surface area contributed by atoms with Crippen LogP contribution in [-0.4, -0.2) is 16.1 Å². The van der Waals surface area contributed by atoms with Gasteiger partial charge in [-0.15, -0.1) is 16.9 Å². The molecule has 0 bridgehead atoms. The first kappa shape index (κ1) is 12.4. The van der Waals surface area contributed by atoms with Crippen molar-refractivity contribution >= 4 is 28.3 Å². The van der Waals surface area contributed by atoms with Crippen molar-refractivity contribution in [2.45, 2.75) is 24.0 Å². The van der Waals surface area contributed by atoms with E-state index in [1.54, 1.807) is 11.8 Å². The van der Waals surface area contributed by atoms with Gasteiger partial charge in [-0.2, -0.15) is 0 Å². The van der Waals surface area contributed by atoms with E-state index in [1.165, 1.54) is 16.4 Å². The summed E-state index contributed by atoms with van der Waals surface area (Å²) in [5.74, 6) is 0.868. The van der Waals surface area contributed by atoms with Crippen molar-refractivity contribution < 1.29 is 0 Å². The molecule has 0 unspecified atom stereocenters. The molecule has 0 aliphatic rings. The van der Waals surface area contributed by atoms with Crippen LogP contribution in [0.25, 0.3) is 0 Å². The van der Waals surface area contributed by atoms with E-state index < -0.39 is 0 Å². The van der Waals surface area contributed by atoms with Gasteiger partial charge in [-0.05, 0) is 18.6 Å². The molecule has 0 amide bonds. The second kappa shape index (κ2) is 6.61. The Morgan fingerprint density at radius 2 is 2.12 bits per heavy atom. The van der Waals surface area contributed by atoms with E-state index in [0.29, 0.717) is 0 Å². The van der Waals surface area contributed by atoms with Crippen LogP contribution in [0.5, 0.6) is 0 Å². The van der Waals surface area contributed by atoms with Crippen molar-refractivity contribution in [3.05, 3.63) is 36.0 Å². The predicted octanol–water partition coefficient (Wildman–Crippen LogP) is 3.65. The zero-order valence-corrected chi connectivity index (χ0v) is 11.4. The number of thioether (sulfide) groups is 1. The van der Waals surface area contributed by atoms with Crippen molar-refractivity contribution in [3.8, 4) is 0 Å². The minimum absolute atomic E-state index is 0.868. The van der Waals surface area contributed by atoms with Gasteiger partial charge in [0.25, 0.3) is 0 Å². The highest BCUT2D eigenvalue weighted by molar-refractivity contribution is 7.98. The van der Waals surface area contributed by atoms with Crippen LogP contribution < -0.4 is 5.32 Å². The van der Waals surface area contributed by atoms with E-state index in [4.69, 9.17) is 0 Å². The maximum atomic E-state index is 4.17. The number of benzene rings is 1. The van der Waals surface area contributed by atoms with E-state index in [0.717, 1.165) is 29.4 Å². The van der Waals surface area contributed by atoms with E-state index >= 15 is 0 Å². The Bertz CT molecular complexity index is 442. The molecule has 1 aromatic heterocycles. The first-order valence-electron chi connectivity index (χ1n) is 5.63. The highest BCUT2D eigenvalue weighted by Crippen LogP contribution is 2.26. The second-order valence-corrected chi connectivity index (χ2v) is 5.38. The lowest BCUT2D eigenvalue weighted by molar-refractivity contribution is 0.976. The standard InChI is InChI=1S/C12H15N3S2/c1-2-8-13-12-11(14-15-17-12)9-16-10-6-4-3-5-7-10/h3-7,13H,2,8-9H2,1H3. The molecular weight excluding hydrogens is 250 g/mol. The zero-order valence-electron chi connectivity index (χ0n) is 9.72. The fraction of sp³-hybridized carbons (Fsp3) is 0.333. The second-order valence-electron chi connectivity index (χ2n) is 3.58. The van der Waals surface area contributed by atoms with Crippen molar-refractivity contribution in [2.75, 3.05) is 11.9 Å². The monoisotopic (exact) mass is 265 g/mol. The van der Waals surface area contributed by atoms with Crippen LogP contribution >= 0.6 is 23.3 Å². The van der Waals surface area contributed by atoms with Crippen LogP contribution in [0.1, 0.15) is 19.0 Å². The molecule has 5 heteroatoms. The summed E-state index contributed by atoms with van der Waals surface area (Å²) in [5.41, 5.74) is 1.05. The number of hydrogen-bond acceptors (Lipinski definition) is 5. The van der Waals surface area contributed by atoms with Crippen LogP contribution in [-0.2, 0) is 5.75 Å². The van der Waals surface area contributed by atoms with Gasteiger partial charge >= 0.3 is 0 Å². The summed E-state index contributed by atoms with van der Waals surface area (Å²) in [4.78, 5) is 1.27. The summed E-state index contributed by atoms with van der Waals surface area (Å²) >= 11 is 3.23. The molecule has 0 atom stereocenters. The Morgan fingerprint density at radius 1 is 1.29 bits per heavy atom. The van der Waals surface area contributed by atoms with E-state index in [2.05, 4.69) is 46.1 Å². The lowest BCUT2D eigenvalue weighted by Gasteiger charge is -2.03. The summed E-state index contributed by atoms with van der Waals surface area (Å²) in [7, 11) is 0. The van der Waals surface area contributed by atoms with Gasteiger partial charge in [0.1, 0.15) is 10.7 Å². The van der Waals surface area contributed by atoms with E-state index in [9.17, 15) is 0 Å². The maximum absolute atomic E-state index is 4.17. The molecule has 0 aliphatic heterocycles. The van der Waals surface area contributed by atoms with Gasteiger partial charge in [0, 0.05) is 28.7 Å². The van der Waals surface area contributed by atoms with Gasteiger partial charge < -0.3 is 5.32 Å². The Morgan fingerprint density at radius 3 is 2.88 bits per heavy atom. The van der Waals surface area contributed by atoms with Crippen LogP contribution in [0.2, 0.25) is 0 Å². The SMILES string of the molecule is CCCNc1snnc1CSc1ccccc1. The lowest BCUT2D eigenvalue weighted by Crippen LogP contribution is -2.00. The molecule has 0 aliphatic carbocycles. The van der Waals surface area contributed by atoms with Crippen LogP contribution in [0.15, 0.2) is 35.2 Å². The molecular formula is C12H15N3S2. The molecule has 2 aromatic rings. The van der Waals surface area contributed by atoms with Gasteiger partial charge in [0.2, 0.25) is 0 Å². The number of rotatable bonds is 6. The molecule has 0 saturated heterocycles. The minimum Gasteiger partial charge on any atom is -0.374 e. The molecule has 0 fully saturated rings. The number of nitrogens with zero attached hydrogens (tertiary/aromatic N) is 2. The number of hydrogen-bond donors (Lipinski definition) is 1. The quantitative estimate of drug-likeness (QED) is 0.809. The molecule has 0 saturated carbocycles. The Kier molecular flexibility index (Phi) is 4.82. The first-order valence-corrected chi connectivity index (χ1v) is 7.39. The Hall–Kier alpha value is -1.07. The van der Waals surface area contributed by atoms with Gasteiger partial charge in [0.15, 0.2) is 0 Å². The maximum Gasteiger partial charge on any atom is 0.134 e. The van der Waals surface area contributed by atoms with Crippen molar-refractivity contribution in [1.82, 2.24) is 9.59 Å². The summed E-state index contributed by atoms with van der Waals surface area (Å²) in [6.45, 7) is 3.13. The van der Waals surface area contributed by atoms with Gasteiger partial charge in [0.05, 0.1) is 0 Å². The van der Waals surface area contributed by atoms with Crippen molar-refractivity contribution in [1.29, 1.82) is 0 Å². The molecule has 3 nitrogen and oxygen atoms in total. The lowest BCUT2D eigenvalue weighted by atomic mass is 10.4. The third kappa shape index (κ3) is 3.71.